The van der Waals surface area contributed by atoms with Crippen LogP contribution in [0.4, 0.5) is 0 Å². The Bertz CT molecular complexity index is 477. The molecule has 1 amide bonds. The summed E-state index contributed by atoms with van der Waals surface area (Å²) >= 11 is 4.78. The number of aliphatic carboxylic acids is 1. The van der Waals surface area contributed by atoms with Gasteiger partial charge in [-0.25, -0.2) is 0 Å². The van der Waals surface area contributed by atoms with E-state index in [1.807, 2.05) is 24.3 Å². The van der Waals surface area contributed by atoms with Crippen molar-refractivity contribution in [2.24, 2.45) is 0 Å². The van der Waals surface area contributed by atoms with Crippen LogP contribution in [0.15, 0.2) is 28.7 Å². The lowest BCUT2D eigenvalue weighted by molar-refractivity contribution is -0.310. The number of halogens is 1. The van der Waals surface area contributed by atoms with E-state index in [9.17, 15) is 14.7 Å². The highest BCUT2D eigenvalue weighted by Crippen LogP contribution is 2.41. The van der Waals surface area contributed by atoms with Gasteiger partial charge in [0.25, 0.3) is 0 Å². The topological polar surface area (TPSA) is 60.4 Å². The molecule has 1 aromatic rings. The molecule has 96 valence electrons. The Labute approximate surface area is 117 Å². The van der Waals surface area contributed by atoms with Crippen molar-refractivity contribution in [3.63, 3.8) is 0 Å². The summed E-state index contributed by atoms with van der Waals surface area (Å²) in [6.07, 6.45) is 0. The second-order valence-electron chi connectivity index (χ2n) is 4.00. The molecule has 1 aromatic carbocycles. The molecule has 0 radical (unpaired) electrons. The quantitative estimate of drug-likeness (QED) is 0.817. The Balaban J connectivity index is 2.30. The molecule has 0 spiro atoms. The summed E-state index contributed by atoms with van der Waals surface area (Å²) in [7, 11) is 0. The van der Waals surface area contributed by atoms with Gasteiger partial charge in [0.15, 0.2) is 0 Å². The number of amides is 1. The molecule has 0 unspecified atom stereocenters. The molecule has 1 fully saturated rings. The maximum absolute atomic E-state index is 11.6. The lowest BCUT2D eigenvalue weighted by Crippen LogP contribution is -2.48. The van der Waals surface area contributed by atoms with Crippen LogP contribution in [0.3, 0.4) is 0 Å². The van der Waals surface area contributed by atoms with Crippen LogP contribution in [0.25, 0.3) is 0 Å². The lowest BCUT2D eigenvalue weighted by atomic mass is 10.2. The molecule has 0 bridgehead atoms. The molecule has 6 heteroatoms. The number of carbonyl (C=O) groups is 2. The summed E-state index contributed by atoms with van der Waals surface area (Å²) in [4.78, 5) is 24.0. The average molecular weight is 329 g/mol. The zero-order valence-corrected chi connectivity index (χ0v) is 12.0. The molecule has 1 aliphatic rings. The number of rotatable bonds is 2. The Morgan fingerprint density at radius 2 is 2.00 bits per heavy atom. The largest absolute Gasteiger partial charge is 0.548 e. The van der Waals surface area contributed by atoms with Crippen LogP contribution < -0.4 is 5.11 Å². The predicted molar refractivity (Wildman–Crippen MR) is 70.7 cm³/mol. The van der Waals surface area contributed by atoms with Crippen molar-refractivity contribution >= 4 is 39.6 Å². The number of benzene rings is 1. The van der Waals surface area contributed by atoms with Crippen LogP contribution >= 0.6 is 27.7 Å². The van der Waals surface area contributed by atoms with Crippen LogP contribution in [-0.4, -0.2) is 28.6 Å². The Morgan fingerprint density at radius 1 is 1.39 bits per heavy atom. The van der Waals surface area contributed by atoms with Gasteiger partial charge in [0.05, 0.1) is 12.0 Å². The Kier molecular flexibility index (Phi) is 3.97. The van der Waals surface area contributed by atoms with E-state index in [1.165, 1.54) is 23.6 Å². The van der Waals surface area contributed by atoms with Gasteiger partial charge < -0.3 is 14.8 Å². The highest BCUT2D eigenvalue weighted by Gasteiger charge is 2.37. The lowest BCUT2D eigenvalue weighted by Gasteiger charge is -2.29. The fraction of sp³-hybridized carbons (Fsp3) is 0.333. The molecule has 1 heterocycles. The first-order valence-electron chi connectivity index (χ1n) is 5.37. The van der Waals surface area contributed by atoms with Crippen LogP contribution in [0, 0.1) is 0 Å². The van der Waals surface area contributed by atoms with Crippen LogP contribution in [-0.2, 0) is 9.59 Å². The zero-order valence-electron chi connectivity index (χ0n) is 9.63. The van der Waals surface area contributed by atoms with Gasteiger partial charge in [-0.05, 0) is 17.7 Å². The Morgan fingerprint density at radius 3 is 2.50 bits per heavy atom. The van der Waals surface area contributed by atoms with E-state index in [2.05, 4.69) is 15.9 Å². The monoisotopic (exact) mass is 328 g/mol. The second-order valence-corrected chi connectivity index (χ2v) is 6.03. The first-order chi connectivity index (χ1) is 8.50. The number of carboxylic acid groups (broad SMARTS) is 1. The van der Waals surface area contributed by atoms with Crippen molar-refractivity contribution in [3.05, 3.63) is 34.3 Å². The maximum Gasteiger partial charge on any atom is 0.221 e. The zero-order chi connectivity index (χ0) is 13.3. The van der Waals surface area contributed by atoms with Gasteiger partial charge in [-0.3, -0.25) is 4.79 Å². The minimum atomic E-state index is -1.20. The molecule has 2 rings (SSSR count). The van der Waals surface area contributed by atoms with Crippen molar-refractivity contribution in [2.45, 2.75) is 18.3 Å². The number of carbonyl (C=O) groups excluding carboxylic acids is 2. The molecule has 0 aromatic heterocycles. The first-order valence-corrected chi connectivity index (χ1v) is 7.21. The minimum Gasteiger partial charge on any atom is -0.548 e. The fourth-order valence-corrected chi connectivity index (χ4v) is 3.69. The maximum atomic E-state index is 11.6. The molecule has 1 saturated heterocycles. The number of nitrogens with zero attached hydrogens (tertiary/aromatic N) is 1. The van der Waals surface area contributed by atoms with Gasteiger partial charge in [0, 0.05) is 17.1 Å². The van der Waals surface area contributed by atoms with Crippen LogP contribution in [0.2, 0.25) is 0 Å². The molecule has 0 aliphatic carbocycles. The van der Waals surface area contributed by atoms with E-state index < -0.39 is 12.0 Å². The highest BCUT2D eigenvalue weighted by molar-refractivity contribution is 9.10. The van der Waals surface area contributed by atoms with Crippen LogP contribution in [0.1, 0.15) is 17.9 Å². The third-order valence-corrected chi connectivity index (χ3v) is 4.64. The fourth-order valence-electron chi connectivity index (χ4n) is 1.96. The van der Waals surface area contributed by atoms with Crippen molar-refractivity contribution < 1.29 is 14.7 Å². The van der Waals surface area contributed by atoms with Crippen molar-refractivity contribution in [1.82, 2.24) is 4.90 Å². The smallest absolute Gasteiger partial charge is 0.221 e. The van der Waals surface area contributed by atoms with E-state index in [0.29, 0.717) is 5.75 Å². The summed E-state index contributed by atoms with van der Waals surface area (Å²) < 4.78 is 0.945. The molecular formula is C12H11BrNO3S-. The minimum absolute atomic E-state index is 0.248. The van der Waals surface area contributed by atoms with Gasteiger partial charge in [-0.1, -0.05) is 28.1 Å². The normalized spacial score (nSPS) is 23.1. The SMILES string of the molecule is CC(=O)N1[C@@H](C(=O)[O-])CS[C@H]1c1ccc(Br)cc1. The van der Waals surface area contributed by atoms with E-state index >= 15 is 0 Å². The first kappa shape index (κ1) is 13.4. The van der Waals surface area contributed by atoms with E-state index in [-0.39, 0.29) is 11.3 Å². The summed E-state index contributed by atoms with van der Waals surface area (Å²) in [5.74, 6) is -1.08. The molecular weight excluding hydrogens is 318 g/mol. The highest BCUT2D eigenvalue weighted by atomic mass is 79.9. The molecule has 0 saturated carbocycles. The average Bonchev–Trinajstić information content (AvgIpc) is 2.74. The van der Waals surface area contributed by atoms with E-state index in [1.54, 1.807) is 0 Å². The standard InChI is InChI=1S/C12H12BrNO3S/c1-7(15)14-10(12(16)17)6-18-11(14)8-2-4-9(13)5-3-8/h2-5,10-11H,6H2,1H3,(H,16,17)/p-1/t10-,11+/m1/s1. The van der Waals surface area contributed by atoms with Gasteiger partial charge in [0.2, 0.25) is 5.91 Å². The van der Waals surface area contributed by atoms with Crippen molar-refractivity contribution in [1.29, 1.82) is 0 Å². The van der Waals surface area contributed by atoms with Crippen molar-refractivity contribution in [3.8, 4) is 0 Å². The number of carboxylic acids is 1. The predicted octanol–water partition coefficient (Wildman–Crippen LogP) is 1.16. The number of hydrogen-bond acceptors (Lipinski definition) is 4. The third kappa shape index (κ3) is 2.54. The second kappa shape index (κ2) is 5.32. The van der Waals surface area contributed by atoms with E-state index in [4.69, 9.17) is 0 Å². The number of hydrogen-bond donors (Lipinski definition) is 0. The summed E-state index contributed by atoms with van der Waals surface area (Å²) in [6, 6.07) is 6.67. The molecule has 0 N–H and O–H groups in total. The van der Waals surface area contributed by atoms with Gasteiger partial charge in [0.1, 0.15) is 5.37 Å². The third-order valence-electron chi connectivity index (χ3n) is 2.79. The van der Waals surface area contributed by atoms with E-state index in [0.717, 1.165) is 10.0 Å². The molecule has 2 atom stereocenters. The number of thioether (sulfide) groups is 1. The summed E-state index contributed by atoms with van der Waals surface area (Å²) in [5.41, 5.74) is 0.919. The van der Waals surface area contributed by atoms with Gasteiger partial charge in [-0.2, -0.15) is 0 Å². The Hall–Kier alpha value is -1.01. The van der Waals surface area contributed by atoms with Crippen LogP contribution in [0.5, 0.6) is 0 Å². The molecule has 18 heavy (non-hydrogen) atoms. The summed E-state index contributed by atoms with van der Waals surface area (Å²) in [6.45, 7) is 1.38. The molecule has 1 aliphatic heterocycles. The van der Waals surface area contributed by atoms with Gasteiger partial charge in [-0.15, -0.1) is 11.8 Å². The van der Waals surface area contributed by atoms with Gasteiger partial charge >= 0.3 is 0 Å². The summed E-state index contributed by atoms with van der Waals surface area (Å²) in [5, 5.41) is 10.8. The molecule has 4 nitrogen and oxygen atoms in total. The van der Waals surface area contributed by atoms with Crippen molar-refractivity contribution in [2.75, 3.05) is 5.75 Å².